The van der Waals surface area contributed by atoms with Crippen LogP contribution in [0.1, 0.15) is 46.5 Å². The Morgan fingerprint density at radius 2 is 1.95 bits per heavy atom. The van der Waals surface area contributed by atoms with Crippen molar-refractivity contribution < 1.29 is 39.1 Å². The number of nitrogens with two attached hydrogens (primary N) is 2. The second kappa shape index (κ2) is 12.1. The van der Waals surface area contributed by atoms with Crippen molar-refractivity contribution in [2.75, 3.05) is 0 Å². The van der Waals surface area contributed by atoms with Gasteiger partial charge < -0.3 is 26.5 Å². The van der Waals surface area contributed by atoms with Crippen molar-refractivity contribution in [1.29, 1.82) is 0 Å². The Balaban J connectivity index is 0. The van der Waals surface area contributed by atoms with Gasteiger partial charge in [-0.3, -0.25) is 0 Å². The maximum atomic E-state index is 11.3. The third kappa shape index (κ3) is 13.7. The Kier molecular flexibility index (Phi) is 13.0. The van der Waals surface area contributed by atoms with Gasteiger partial charge in [0.05, 0.1) is 0 Å². The minimum absolute atomic E-state index is 0. The minimum atomic E-state index is -0.386. The van der Waals surface area contributed by atoms with E-state index in [1.807, 2.05) is 27.1 Å². The Morgan fingerprint density at radius 1 is 1.40 bits per heavy atom. The summed E-state index contributed by atoms with van der Waals surface area (Å²) in [5.41, 5.74) is 9.15. The Hall–Kier alpha value is -0.720. The molecule has 0 atom stereocenters. The van der Waals surface area contributed by atoms with Crippen LogP contribution in [0.3, 0.4) is 0 Å². The normalized spacial score (nSPS) is 15.6. The molecule has 1 saturated carbocycles. The van der Waals surface area contributed by atoms with Crippen LogP contribution in [0.2, 0.25) is 0 Å². The van der Waals surface area contributed by atoms with E-state index in [1.54, 1.807) is 0 Å². The van der Waals surface area contributed by atoms with Gasteiger partial charge in [-0.1, -0.05) is 25.4 Å². The quantitative estimate of drug-likeness (QED) is 0.194. The first-order valence-electron chi connectivity index (χ1n) is 6.40. The topological polar surface area (TPSA) is 103 Å². The summed E-state index contributed by atoms with van der Waals surface area (Å²) >= 11 is 0. The third-order valence-electron chi connectivity index (χ3n) is 2.31. The molecule has 7 heteroatoms. The van der Waals surface area contributed by atoms with Crippen molar-refractivity contribution in [3.63, 3.8) is 0 Å². The average molecular weight is 292 g/mol. The van der Waals surface area contributed by atoms with Gasteiger partial charge in [-0.15, -0.1) is 6.20 Å². The fraction of sp³-hybridized carbons (Fsp3) is 0.692. The Labute approximate surface area is 143 Å². The second-order valence-corrected chi connectivity index (χ2v) is 5.23. The molecule has 0 aromatic carbocycles. The zero-order valence-electron chi connectivity index (χ0n) is 13.0. The van der Waals surface area contributed by atoms with Gasteiger partial charge in [-0.05, 0) is 33.6 Å². The molecule has 0 spiro atoms. The minimum Gasteiger partial charge on any atom is -0.473 e. The van der Waals surface area contributed by atoms with Gasteiger partial charge in [0.1, 0.15) is 5.60 Å². The molecule has 0 aromatic rings. The average Bonchev–Trinajstić information content (AvgIpc) is 2.77. The molecule has 0 radical (unpaired) electrons. The summed E-state index contributed by atoms with van der Waals surface area (Å²) in [4.78, 5) is 14.6. The maximum absolute atomic E-state index is 11.3. The zero-order chi connectivity index (χ0) is 14.7. The van der Waals surface area contributed by atoms with Crippen LogP contribution in [-0.2, 0) is 4.74 Å². The molecule has 0 aliphatic heterocycles. The van der Waals surface area contributed by atoms with E-state index in [1.165, 1.54) is 25.2 Å². The molecule has 0 unspecified atom stereocenters. The smallest absolute Gasteiger partial charge is 0.473 e. The number of carbonyl (C=O) groups excluding carboxylic acids is 1. The molecule has 0 aromatic heterocycles. The van der Waals surface area contributed by atoms with Crippen LogP contribution in [0.5, 0.6) is 0 Å². The fourth-order valence-corrected chi connectivity index (χ4v) is 1.63. The van der Waals surface area contributed by atoms with Crippen molar-refractivity contribution in [1.82, 2.24) is 5.32 Å². The van der Waals surface area contributed by atoms with Gasteiger partial charge in [0.25, 0.3) is 0 Å². The number of hydrogen-bond acceptors (Lipinski definition) is 4. The molecule has 1 fully saturated rings. The molecule has 1 rings (SSSR count). The number of ether oxygens (including phenoxy) is 1. The van der Waals surface area contributed by atoms with E-state index < -0.39 is 0 Å². The van der Waals surface area contributed by atoms with Crippen molar-refractivity contribution in [3.8, 4) is 0 Å². The Bertz CT molecular complexity index is 298. The van der Waals surface area contributed by atoms with Crippen LogP contribution in [0.25, 0.3) is 0 Å². The molecule has 20 heavy (non-hydrogen) atoms. The van der Waals surface area contributed by atoms with Crippen LogP contribution < -0.4 is 46.3 Å². The number of carbonyl (C=O) groups is 1. The van der Waals surface area contributed by atoms with E-state index in [0.29, 0.717) is 6.04 Å². The molecule has 1 aliphatic rings. The van der Waals surface area contributed by atoms with Gasteiger partial charge in [0.15, 0.2) is 0 Å². The Morgan fingerprint density at radius 3 is 2.30 bits per heavy atom. The van der Waals surface area contributed by atoms with Crippen molar-refractivity contribution in [2.45, 2.75) is 58.1 Å². The summed E-state index contributed by atoms with van der Waals surface area (Å²) in [5, 5.41) is 2.87. The SMILES string of the molecule is CC(C)(C)OC(=O)NC1CCCC1.N[C-]=N/C=C\N.[Na+]. The van der Waals surface area contributed by atoms with Gasteiger partial charge in [0, 0.05) is 6.04 Å². The van der Waals surface area contributed by atoms with Crippen LogP contribution >= 0.6 is 0 Å². The van der Waals surface area contributed by atoms with Gasteiger partial charge >= 0.3 is 35.7 Å². The van der Waals surface area contributed by atoms with Crippen molar-refractivity contribution in [2.24, 2.45) is 16.5 Å². The maximum Gasteiger partial charge on any atom is 1.00 e. The number of aliphatic imine (C=N–C) groups is 1. The molecular formula is C13H25N4NaO2. The van der Waals surface area contributed by atoms with Crippen LogP contribution in [0, 0.1) is 0 Å². The molecule has 1 aliphatic carbocycles. The first kappa shape index (κ1) is 21.6. The van der Waals surface area contributed by atoms with Gasteiger partial charge in [-0.2, -0.15) is 0 Å². The van der Waals surface area contributed by atoms with Crippen LogP contribution in [-0.4, -0.2) is 24.1 Å². The molecule has 5 N–H and O–H groups in total. The van der Waals surface area contributed by atoms with Gasteiger partial charge in [-0.25, -0.2) is 4.79 Å². The van der Waals surface area contributed by atoms with Crippen molar-refractivity contribution >= 4 is 12.4 Å². The molecule has 6 nitrogen and oxygen atoms in total. The number of rotatable bonds is 2. The van der Waals surface area contributed by atoms with E-state index in [9.17, 15) is 4.79 Å². The van der Waals surface area contributed by atoms with E-state index in [-0.39, 0.29) is 41.3 Å². The number of alkyl carbamates (subject to hydrolysis) is 1. The van der Waals surface area contributed by atoms with Crippen LogP contribution in [0.4, 0.5) is 4.79 Å². The second-order valence-electron chi connectivity index (χ2n) is 5.23. The van der Waals surface area contributed by atoms with Crippen LogP contribution in [0.15, 0.2) is 17.4 Å². The van der Waals surface area contributed by atoms with Crippen molar-refractivity contribution in [3.05, 3.63) is 12.4 Å². The summed E-state index contributed by atoms with van der Waals surface area (Å²) in [6.45, 7) is 5.63. The molecular weight excluding hydrogens is 267 g/mol. The number of amides is 1. The molecule has 1 amide bonds. The standard InChI is InChI=1S/C10H19NO2.C3H6N3.Na/c1-10(2,3)13-9(12)11-8-6-4-5-7-8;4-1-2-6-3-5;/h8H,4-7H2,1-3H3,(H,11,12);1-2H,4H2,(H2,5,6);/q;-1;+1/b;2-1-;. The first-order chi connectivity index (χ1) is 8.89. The summed E-state index contributed by atoms with van der Waals surface area (Å²) in [7, 11) is 0. The number of nitrogens with one attached hydrogen (secondary N) is 1. The number of hydrogen-bond donors (Lipinski definition) is 3. The molecule has 0 heterocycles. The van der Waals surface area contributed by atoms with E-state index in [0.717, 1.165) is 12.8 Å². The molecule has 0 saturated heterocycles. The van der Waals surface area contributed by atoms with E-state index >= 15 is 0 Å². The number of nitrogens with zero attached hydrogens (tertiary/aromatic N) is 1. The predicted molar refractivity (Wildman–Crippen MR) is 76.6 cm³/mol. The fourth-order valence-electron chi connectivity index (χ4n) is 1.63. The molecule has 110 valence electrons. The molecule has 0 bridgehead atoms. The van der Waals surface area contributed by atoms with Gasteiger partial charge in [0.2, 0.25) is 0 Å². The summed E-state index contributed by atoms with van der Waals surface area (Å²) in [5.74, 6) is 0. The summed E-state index contributed by atoms with van der Waals surface area (Å²) in [6, 6.07) is 0.342. The van der Waals surface area contributed by atoms with E-state index in [2.05, 4.69) is 10.3 Å². The first-order valence-corrected chi connectivity index (χ1v) is 6.40. The predicted octanol–water partition coefficient (Wildman–Crippen LogP) is -1.26. The van der Waals surface area contributed by atoms with E-state index in [4.69, 9.17) is 16.2 Å². The summed E-state index contributed by atoms with van der Waals surface area (Å²) < 4.78 is 5.15. The largest absolute Gasteiger partial charge is 1.00 e. The monoisotopic (exact) mass is 292 g/mol. The summed E-state index contributed by atoms with van der Waals surface area (Å²) in [6.07, 6.45) is 9.01. The zero-order valence-corrected chi connectivity index (χ0v) is 15.0. The third-order valence-corrected chi connectivity index (χ3v) is 2.31.